The summed E-state index contributed by atoms with van der Waals surface area (Å²) < 4.78 is 33.3. The minimum absolute atomic E-state index is 0.141. The van der Waals surface area contributed by atoms with Crippen LogP contribution in [0.1, 0.15) is 22.7 Å². The molecule has 1 atom stereocenters. The second-order valence-electron chi connectivity index (χ2n) is 4.49. The fourth-order valence-electron chi connectivity index (χ4n) is 2.11. The first kappa shape index (κ1) is 14.9. The van der Waals surface area contributed by atoms with Gasteiger partial charge in [0.05, 0.1) is 13.2 Å². The molecule has 1 unspecified atom stereocenters. The number of hydrogen-bond donors (Lipinski definition) is 1. The van der Waals surface area contributed by atoms with Gasteiger partial charge in [-0.05, 0) is 36.2 Å². The highest BCUT2D eigenvalue weighted by Crippen LogP contribution is 2.30. The van der Waals surface area contributed by atoms with Crippen molar-refractivity contribution in [3.8, 4) is 5.75 Å². The van der Waals surface area contributed by atoms with Gasteiger partial charge < -0.3 is 10.5 Å². The molecule has 0 aliphatic heterocycles. The Morgan fingerprint density at radius 1 is 1.15 bits per heavy atom. The number of rotatable bonds is 3. The normalized spacial score (nSPS) is 12.3. The van der Waals surface area contributed by atoms with Crippen molar-refractivity contribution in [3.63, 3.8) is 0 Å². The van der Waals surface area contributed by atoms with Gasteiger partial charge in [0.15, 0.2) is 0 Å². The molecule has 0 fully saturated rings. The van der Waals surface area contributed by atoms with Gasteiger partial charge in [-0.2, -0.15) is 0 Å². The maximum Gasteiger partial charge on any atom is 0.132 e. The Morgan fingerprint density at radius 3 is 2.25 bits per heavy atom. The van der Waals surface area contributed by atoms with Gasteiger partial charge in [0, 0.05) is 10.0 Å². The Hall–Kier alpha value is -1.46. The first-order chi connectivity index (χ1) is 9.43. The van der Waals surface area contributed by atoms with Crippen LogP contribution in [0.3, 0.4) is 0 Å². The number of aryl methyl sites for hydroxylation is 1. The monoisotopic (exact) mass is 341 g/mol. The van der Waals surface area contributed by atoms with Crippen LogP contribution in [-0.4, -0.2) is 7.11 Å². The second kappa shape index (κ2) is 5.89. The van der Waals surface area contributed by atoms with Gasteiger partial charge in [-0.15, -0.1) is 0 Å². The highest BCUT2D eigenvalue weighted by atomic mass is 79.9. The van der Waals surface area contributed by atoms with Crippen LogP contribution in [0.15, 0.2) is 34.8 Å². The van der Waals surface area contributed by atoms with Gasteiger partial charge in [0.25, 0.3) is 0 Å². The van der Waals surface area contributed by atoms with Crippen molar-refractivity contribution in [1.29, 1.82) is 0 Å². The summed E-state index contributed by atoms with van der Waals surface area (Å²) in [6.45, 7) is 1.85. The minimum Gasteiger partial charge on any atom is -0.496 e. The number of methoxy groups -OCH3 is 1. The van der Waals surface area contributed by atoms with Crippen molar-refractivity contribution in [1.82, 2.24) is 0 Å². The molecule has 0 spiro atoms. The van der Waals surface area contributed by atoms with Crippen LogP contribution in [0.5, 0.6) is 5.75 Å². The van der Waals surface area contributed by atoms with Gasteiger partial charge in [-0.25, -0.2) is 8.78 Å². The Kier molecular flexibility index (Phi) is 4.40. The average molecular weight is 342 g/mol. The lowest BCUT2D eigenvalue weighted by Crippen LogP contribution is -2.16. The summed E-state index contributed by atoms with van der Waals surface area (Å²) in [6, 6.07) is 6.75. The molecular weight excluding hydrogens is 328 g/mol. The first-order valence-corrected chi connectivity index (χ1v) is 6.78. The number of nitrogens with two attached hydrogens (primary N) is 1. The third-order valence-electron chi connectivity index (χ3n) is 3.13. The van der Waals surface area contributed by atoms with Crippen molar-refractivity contribution in [3.05, 3.63) is 63.1 Å². The zero-order valence-electron chi connectivity index (χ0n) is 11.1. The summed E-state index contributed by atoms with van der Waals surface area (Å²) in [4.78, 5) is 0. The van der Waals surface area contributed by atoms with Crippen LogP contribution >= 0.6 is 15.9 Å². The smallest absolute Gasteiger partial charge is 0.132 e. The van der Waals surface area contributed by atoms with Crippen LogP contribution in [0.2, 0.25) is 0 Å². The van der Waals surface area contributed by atoms with Gasteiger partial charge >= 0.3 is 0 Å². The lowest BCUT2D eigenvalue weighted by Gasteiger charge is -2.16. The van der Waals surface area contributed by atoms with E-state index in [-0.39, 0.29) is 5.56 Å². The molecule has 0 aromatic heterocycles. The van der Waals surface area contributed by atoms with Gasteiger partial charge in [0.1, 0.15) is 17.4 Å². The predicted molar refractivity (Wildman–Crippen MR) is 77.8 cm³/mol. The van der Waals surface area contributed by atoms with E-state index in [0.717, 1.165) is 5.56 Å². The Labute approximate surface area is 124 Å². The standard InChI is InChI=1S/C15H14BrF2NO/c1-8-5-9(3-4-13(8)20-2)15(19)14-11(17)6-10(16)7-12(14)18/h3-7,15H,19H2,1-2H3. The van der Waals surface area contributed by atoms with E-state index in [4.69, 9.17) is 10.5 Å². The highest BCUT2D eigenvalue weighted by molar-refractivity contribution is 9.10. The van der Waals surface area contributed by atoms with Crippen molar-refractivity contribution >= 4 is 15.9 Å². The van der Waals surface area contributed by atoms with Crippen molar-refractivity contribution in [2.45, 2.75) is 13.0 Å². The molecule has 0 radical (unpaired) electrons. The molecule has 0 saturated heterocycles. The molecule has 0 aliphatic carbocycles. The molecule has 2 nitrogen and oxygen atoms in total. The van der Waals surface area contributed by atoms with Gasteiger partial charge in [0.2, 0.25) is 0 Å². The summed E-state index contributed by atoms with van der Waals surface area (Å²) in [5, 5.41) is 0. The van der Waals surface area contributed by atoms with Crippen LogP contribution in [0, 0.1) is 18.6 Å². The number of halogens is 3. The van der Waals surface area contributed by atoms with Crippen LogP contribution in [0.25, 0.3) is 0 Å². The second-order valence-corrected chi connectivity index (χ2v) is 5.41. The van der Waals surface area contributed by atoms with E-state index in [1.54, 1.807) is 25.3 Å². The molecule has 0 saturated carbocycles. The van der Waals surface area contributed by atoms with E-state index in [2.05, 4.69) is 15.9 Å². The average Bonchev–Trinajstić information content (AvgIpc) is 2.37. The minimum atomic E-state index is -0.868. The molecule has 20 heavy (non-hydrogen) atoms. The first-order valence-electron chi connectivity index (χ1n) is 5.98. The largest absolute Gasteiger partial charge is 0.496 e. The number of benzene rings is 2. The fraction of sp³-hybridized carbons (Fsp3) is 0.200. The molecule has 0 bridgehead atoms. The third-order valence-corrected chi connectivity index (χ3v) is 3.59. The SMILES string of the molecule is COc1ccc(C(N)c2c(F)cc(Br)cc2F)cc1C. The molecule has 2 aromatic rings. The molecule has 2 aromatic carbocycles. The molecule has 2 rings (SSSR count). The molecular formula is C15H14BrF2NO. The molecule has 0 aliphatic rings. The molecule has 0 heterocycles. The maximum absolute atomic E-state index is 13.9. The Balaban J connectivity index is 2.46. The summed E-state index contributed by atoms with van der Waals surface area (Å²) in [7, 11) is 1.57. The lowest BCUT2D eigenvalue weighted by atomic mass is 9.97. The summed E-state index contributed by atoms with van der Waals surface area (Å²) in [6.07, 6.45) is 0. The molecule has 2 N–H and O–H groups in total. The van der Waals surface area contributed by atoms with Gasteiger partial charge in [-0.3, -0.25) is 0 Å². The number of hydrogen-bond acceptors (Lipinski definition) is 2. The Morgan fingerprint density at radius 2 is 1.75 bits per heavy atom. The highest BCUT2D eigenvalue weighted by Gasteiger charge is 2.19. The van der Waals surface area contributed by atoms with E-state index in [9.17, 15) is 8.78 Å². The topological polar surface area (TPSA) is 35.2 Å². The summed E-state index contributed by atoms with van der Waals surface area (Å²) >= 11 is 3.05. The van der Waals surface area contributed by atoms with Crippen LogP contribution in [0.4, 0.5) is 8.78 Å². The van der Waals surface area contributed by atoms with Crippen molar-refractivity contribution < 1.29 is 13.5 Å². The van der Waals surface area contributed by atoms with E-state index in [1.165, 1.54) is 12.1 Å². The molecule has 106 valence electrons. The molecule has 0 amide bonds. The van der Waals surface area contributed by atoms with Crippen LogP contribution in [-0.2, 0) is 0 Å². The summed E-state index contributed by atoms with van der Waals surface area (Å²) in [5.74, 6) is -0.631. The van der Waals surface area contributed by atoms with Crippen molar-refractivity contribution in [2.24, 2.45) is 5.73 Å². The van der Waals surface area contributed by atoms with E-state index in [0.29, 0.717) is 15.8 Å². The van der Waals surface area contributed by atoms with Crippen LogP contribution < -0.4 is 10.5 Å². The Bertz CT molecular complexity index is 623. The summed E-state index contributed by atoms with van der Waals surface area (Å²) in [5.41, 5.74) is 7.34. The zero-order chi connectivity index (χ0) is 14.9. The van der Waals surface area contributed by atoms with E-state index < -0.39 is 17.7 Å². The zero-order valence-corrected chi connectivity index (χ0v) is 12.7. The maximum atomic E-state index is 13.9. The van der Waals surface area contributed by atoms with Gasteiger partial charge in [-0.1, -0.05) is 28.1 Å². The van der Waals surface area contributed by atoms with E-state index >= 15 is 0 Å². The quantitative estimate of drug-likeness (QED) is 0.912. The predicted octanol–water partition coefficient (Wildman–Crippen LogP) is 4.09. The third kappa shape index (κ3) is 2.83. The van der Waals surface area contributed by atoms with Crippen molar-refractivity contribution in [2.75, 3.05) is 7.11 Å². The van der Waals surface area contributed by atoms with E-state index in [1.807, 2.05) is 6.92 Å². The molecule has 5 heteroatoms. The fourth-order valence-corrected chi connectivity index (χ4v) is 2.51. The lowest BCUT2D eigenvalue weighted by molar-refractivity contribution is 0.411. The number of ether oxygens (including phenoxy) is 1.